The summed E-state index contributed by atoms with van der Waals surface area (Å²) in [5.41, 5.74) is 0.278. The fourth-order valence-electron chi connectivity index (χ4n) is 1.38. The highest BCUT2D eigenvalue weighted by Crippen LogP contribution is 2.23. The van der Waals surface area contributed by atoms with Gasteiger partial charge in [-0.1, -0.05) is 29.8 Å². The quantitative estimate of drug-likeness (QED) is 0.778. The fraction of sp³-hybridized carbons (Fsp3) is 0. The average Bonchev–Trinajstić information content (AvgIpc) is 2.17. The topological polar surface area (TPSA) is 37.3 Å². The minimum absolute atomic E-state index is 0.278. The number of hydrogen-bond acceptors (Lipinski definition) is 1. The van der Waals surface area contributed by atoms with Crippen LogP contribution in [0, 0.1) is 0 Å². The van der Waals surface area contributed by atoms with E-state index in [1.165, 1.54) is 0 Å². The lowest BCUT2D eigenvalue weighted by atomic mass is 10.1. The average molecular weight is 207 g/mol. The van der Waals surface area contributed by atoms with Crippen molar-refractivity contribution >= 4 is 28.3 Å². The number of hydrogen-bond donors (Lipinski definition) is 1. The van der Waals surface area contributed by atoms with E-state index in [9.17, 15) is 4.79 Å². The number of carboxylic acids is 1. The summed E-state index contributed by atoms with van der Waals surface area (Å²) in [5, 5.41) is 11.1. The summed E-state index contributed by atoms with van der Waals surface area (Å²) in [6, 6.07) is 10.3. The fourth-order valence-corrected chi connectivity index (χ4v) is 1.62. The van der Waals surface area contributed by atoms with Crippen molar-refractivity contribution in [3.63, 3.8) is 0 Å². The Labute approximate surface area is 85.7 Å². The van der Waals surface area contributed by atoms with E-state index in [2.05, 4.69) is 0 Å². The third-order valence-electron chi connectivity index (χ3n) is 2.07. The van der Waals surface area contributed by atoms with Crippen molar-refractivity contribution in [2.45, 2.75) is 0 Å². The van der Waals surface area contributed by atoms with E-state index in [0.717, 1.165) is 10.8 Å². The van der Waals surface area contributed by atoms with Gasteiger partial charge in [0.05, 0.1) is 5.56 Å². The Morgan fingerprint density at radius 3 is 2.71 bits per heavy atom. The minimum atomic E-state index is -0.924. The highest BCUT2D eigenvalue weighted by Gasteiger charge is 2.04. The van der Waals surface area contributed by atoms with Crippen molar-refractivity contribution in [1.29, 1.82) is 0 Å². The summed E-state index contributed by atoms with van der Waals surface area (Å²) in [6.45, 7) is 0. The molecule has 70 valence electrons. The van der Waals surface area contributed by atoms with Crippen molar-refractivity contribution in [3.05, 3.63) is 47.0 Å². The minimum Gasteiger partial charge on any atom is -0.478 e. The molecule has 0 spiro atoms. The molecule has 0 unspecified atom stereocenters. The number of carbonyl (C=O) groups is 1. The zero-order valence-corrected chi connectivity index (χ0v) is 7.95. The van der Waals surface area contributed by atoms with Crippen LogP contribution in [0.4, 0.5) is 0 Å². The van der Waals surface area contributed by atoms with Gasteiger partial charge in [0, 0.05) is 10.4 Å². The molecule has 2 aromatic carbocycles. The molecule has 2 aromatic rings. The molecule has 1 N–H and O–H groups in total. The summed E-state index contributed by atoms with van der Waals surface area (Å²) < 4.78 is 0. The molecule has 2 nitrogen and oxygen atoms in total. The normalized spacial score (nSPS) is 10.4. The van der Waals surface area contributed by atoms with Crippen molar-refractivity contribution in [2.75, 3.05) is 0 Å². The summed E-state index contributed by atoms with van der Waals surface area (Å²) in [4.78, 5) is 10.7. The second-order valence-electron chi connectivity index (χ2n) is 2.98. The lowest BCUT2D eigenvalue weighted by Gasteiger charge is -2.01. The van der Waals surface area contributed by atoms with Crippen LogP contribution in [0.25, 0.3) is 10.8 Å². The molecule has 2 rings (SSSR count). The van der Waals surface area contributed by atoms with Crippen LogP contribution in [-0.2, 0) is 0 Å². The van der Waals surface area contributed by atoms with Gasteiger partial charge < -0.3 is 5.11 Å². The molecule has 0 bridgehead atoms. The Morgan fingerprint density at radius 1 is 1.21 bits per heavy atom. The van der Waals surface area contributed by atoms with Crippen LogP contribution in [0.1, 0.15) is 10.4 Å². The number of halogens is 1. The smallest absolute Gasteiger partial charge is 0.335 e. The van der Waals surface area contributed by atoms with E-state index >= 15 is 0 Å². The van der Waals surface area contributed by atoms with Crippen LogP contribution < -0.4 is 0 Å². The van der Waals surface area contributed by atoms with Gasteiger partial charge in [0.15, 0.2) is 0 Å². The Kier molecular flexibility index (Phi) is 2.14. The zero-order chi connectivity index (χ0) is 10.1. The van der Waals surface area contributed by atoms with Gasteiger partial charge in [-0.3, -0.25) is 0 Å². The van der Waals surface area contributed by atoms with Crippen LogP contribution in [0.2, 0.25) is 5.02 Å². The highest BCUT2D eigenvalue weighted by atomic mass is 35.5. The first-order valence-electron chi connectivity index (χ1n) is 4.10. The number of aromatic carboxylic acids is 1. The third kappa shape index (κ3) is 1.44. The molecule has 0 fully saturated rings. The molecule has 0 saturated heterocycles. The summed E-state index contributed by atoms with van der Waals surface area (Å²) >= 11 is 5.94. The van der Waals surface area contributed by atoms with Crippen LogP contribution in [0.5, 0.6) is 0 Å². The molecule has 0 aliphatic carbocycles. The predicted octanol–water partition coefficient (Wildman–Crippen LogP) is 3.19. The van der Waals surface area contributed by atoms with E-state index in [4.69, 9.17) is 16.7 Å². The molecule has 0 amide bonds. The van der Waals surface area contributed by atoms with Gasteiger partial charge >= 0.3 is 5.97 Å². The molecular formula is C11H7ClO2. The standard InChI is InChI=1S/C11H7ClO2/c12-10-3-1-2-7-6-8(11(13)14)4-5-9(7)10/h1-6H,(H,13,14). The van der Waals surface area contributed by atoms with Gasteiger partial charge in [0.2, 0.25) is 0 Å². The Morgan fingerprint density at radius 2 is 2.00 bits per heavy atom. The first-order valence-corrected chi connectivity index (χ1v) is 4.48. The Bertz CT molecular complexity index is 506. The van der Waals surface area contributed by atoms with Crippen LogP contribution in [0.15, 0.2) is 36.4 Å². The summed E-state index contributed by atoms with van der Waals surface area (Å²) in [6.07, 6.45) is 0. The molecule has 0 radical (unpaired) electrons. The van der Waals surface area contributed by atoms with E-state index in [1.54, 1.807) is 30.3 Å². The van der Waals surface area contributed by atoms with Gasteiger partial charge in [-0.25, -0.2) is 4.79 Å². The first-order chi connectivity index (χ1) is 6.68. The third-order valence-corrected chi connectivity index (χ3v) is 2.40. The van der Waals surface area contributed by atoms with E-state index in [1.807, 2.05) is 6.07 Å². The Hall–Kier alpha value is -1.54. The largest absolute Gasteiger partial charge is 0.478 e. The number of rotatable bonds is 1. The molecule has 0 atom stereocenters. The van der Waals surface area contributed by atoms with E-state index < -0.39 is 5.97 Å². The van der Waals surface area contributed by atoms with Crippen LogP contribution in [0.3, 0.4) is 0 Å². The SMILES string of the molecule is O=C(O)c1ccc2c(Cl)cccc2c1. The summed E-state index contributed by atoms with van der Waals surface area (Å²) in [7, 11) is 0. The molecule has 0 aromatic heterocycles. The van der Waals surface area contributed by atoms with Crippen molar-refractivity contribution in [2.24, 2.45) is 0 Å². The van der Waals surface area contributed by atoms with Crippen LogP contribution in [-0.4, -0.2) is 11.1 Å². The maximum atomic E-state index is 10.7. The molecule has 14 heavy (non-hydrogen) atoms. The zero-order valence-electron chi connectivity index (χ0n) is 7.20. The predicted molar refractivity (Wildman–Crippen MR) is 55.9 cm³/mol. The van der Waals surface area contributed by atoms with Crippen molar-refractivity contribution in [1.82, 2.24) is 0 Å². The maximum absolute atomic E-state index is 10.7. The number of benzene rings is 2. The molecule has 0 heterocycles. The molecular weight excluding hydrogens is 200 g/mol. The highest BCUT2D eigenvalue weighted by molar-refractivity contribution is 6.35. The number of carboxylic acid groups (broad SMARTS) is 1. The Balaban J connectivity index is 2.73. The first kappa shape index (κ1) is 9.03. The molecule has 0 saturated carbocycles. The molecule has 0 aliphatic heterocycles. The van der Waals surface area contributed by atoms with Gasteiger partial charge in [-0.15, -0.1) is 0 Å². The van der Waals surface area contributed by atoms with E-state index in [-0.39, 0.29) is 5.56 Å². The maximum Gasteiger partial charge on any atom is 0.335 e. The van der Waals surface area contributed by atoms with Gasteiger partial charge in [0.25, 0.3) is 0 Å². The second kappa shape index (κ2) is 3.31. The van der Waals surface area contributed by atoms with Gasteiger partial charge in [0.1, 0.15) is 0 Å². The van der Waals surface area contributed by atoms with Gasteiger partial charge in [-0.2, -0.15) is 0 Å². The van der Waals surface area contributed by atoms with Crippen molar-refractivity contribution in [3.8, 4) is 0 Å². The lowest BCUT2D eigenvalue weighted by Crippen LogP contribution is -1.95. The van der Waals surface area contributed by atoms with Gasteiger partial charge in [-0.05, 0) is 23.6 Å². The molecule has 3 heteroatoms. The molecule has 0 aliphatic rings. The monoisotopic (exact) mass is 206 g/mol. The van der Waals surface area contributed by atoms with Crippen LogP contribution >= 0.6 is 11.6 Å². The van der Waals surface area contributed by atoms with E-state index in [0.29, 0.717) is 5.02 Å². The van der Waals surface area contributed by atoms with Crippen molar-refractivity contribution < 1.29 is 9.90 Å². The summed E-state index contributed by atoms with van der Waals surface area (Å²) in [5.74, 6) is -0.924. The lowest BCUT2D eigenvalue weighted by molar-refractivity contribution is 0.0697. The number of fused-ring (bicyclic) bond motifs is 1. The second-order valence-corrected chi connectivity index (χ2v) is 3.39.